The molecule has 0 bridgehead atoms. The van der Waals surface area contributed by atoms with Crippen molar-refractivity contribution in [2.75, 3.05) is 13.2 Å². The van der Waals surface area contributed by atoms with Gasteiger partial charge in [0.2, 0.25) is 0 Å². The fourth-order valence-electron chi connectivity index (χ4n) is 4.73. The topological polar surface area (TPSA) is 118 Å². The van der Waals surface area contributed by atoms with E-state index in [4.69, 9.17) is 9.47 Å². The Morgan fingerprint density at radius 2 is 2.05 bits per heavy atom. The fourth-order valence-corrected chi connectivity index (χ4v) is 4.73. The highest BCUT2D eigenvalue weighted by atomic mass is 19.1. The molecule has 2 aromatic carbocycles. The van der Waals surface area contributed by atoms with Gasteiger partial charge in [0.05, 0.1) is 36.8 Å². The smallest absolute Gasteiger partial charge is 0.295 e. The van der Waals surface area contributed by atoms with Crippen LogP contribution in [0.3, 0.4) is 0 Å². The summed E-state index contributed by atoms with van der Waals surface area (Å²) < 4.78 is 43.1. The van der Waals surface area contributed by atoms with Crippen molar-refractivity contribution in [2.24, 2.45) is 0 Å². The second kappa shape index (κ2) is 9.51. The molecule has 4 atom stereocenters. The molecule has 4 aromatic rings. The molecule has 0 saturated carbocycles. The molecule has 1 unspecified atom stereocenters. The van der Waals surface area contributed by atoms with Crippen molar-refractivity contribution in [1.29, 1.82) is 0 Å². The molecule has 11 heteroatoms. The van der Waals surface area contributed by atoms with E-state index < -0.39 is 35.9 Å². The number of H-pyrrole nitrogens is 1. The summed E-state index contributed by atoms with van der Waals surface area (Å²) in [5.74, 6) is -1.95. The molecule has 2 aliphatic rings. The molecule has 1 saturated heterocycles. The SMILES string of the molecule is OC[C@H]1OC[C@@H](Oc2nc3c(F)c(C4C=CC(c5ccc(-n6ccnn6)cc5)=CC4)c(F)cc3[nH]2)[C@@H]1O. The van der Waals surface area contributed by atoms with Crippen LogP contribution in [0.4, 0.5) is 8.78 Å². The number of hydrogen-bond donors (Lipinski definition) is 3. The molecule has 37 heavy (non-hydrogen) atoms. The van der Waals surface area contributed by atoms with Crippen LogP contribution in [0.1, 0.15) is 23.5 Å². The van der Waals surface area contributed by atoms with Gasteiger partial charge in [-0.25, -0.2) is 13.5 Å². The summed E-state index contributed by atoms with van der Waals surface area (Å²) in [4.78, 5) is 6.90. The maximum absolute atomic E-state index is 15.5. The molecule has 3 heterocycles. The molecular weight excluding hydrogens is 484 g/mol. The molecule has 9 nitrogen and oxygen atoms in total. The highest BCUT2D eigenvalue weighted by molar-refractivity contribution is 5.79. The number of hydrogen-bond acceptors (Lipinski definition) is 7. The van der Waals surface area contributed by atoms with E-state index in [1.165, 1.54) is 6.07 Å². The lowest BCUT2D eigenvalue weighted by Gasteiger charge is -2.18. The van der Waals surface area contributed by atoms with Crippen molar-refractivity contribution in [2.45, 2.75) is 30.7 Å². The second-order valence-corrected chi connectivity index (χ2v) is 8.98. The number of ether oxygens (including phenoxy) is 2. The summed E-state index contributed by atoms with van der Waals surface area (Å²) in [5, 5.41) is 27.1. The number of rotatable bonds is 6. The van der Waals surface area contributed by atoms with Gasteiger partial charge in [0.15, 0.2) is 11.9 Å². The average Bonchev–Trinajstić information content (AvgIpc) is 3.66. The van der Waals surface area contributed by atoms with Crippen molar-refractivity contribution in [3.8, 4) is 11.7 Å². The number of nitrogens with one attached hydrogen (secondary N) is 1. The summed E-state index contributed by atoms with van der Waals surface area (Å²) >= 11 is 0. The molecule has 1 aliphatic heterocycles. The van der Waals surface area contributed by atoms with Crippen LogP contribution in [-0.4, -0.2) is 66.7 Å². The van der Waals surface area contributed by atoms with Gasteiger partial charge in [-0.1, -0.05) is 35.6 Å². The normalized spacial score (nSPS) is 23.5. The van der Waals surface area contributed by atoms with Gasteiger partial charge in [-0.05, 0) is 29.7 Å². The minimum absolute atomic E-state index is 0.0379. The zero-order valence-electron chi connectivity index (χ0n) is 19.5. The van der Waals surface area contributed by atoms with Crippen LogP contribution in [-0.2, 0) is 4.74 Å². The highest BCUT2D eigenvalue weighted by Crippen LogP contribution is 2.36. The third kappa shape index (κ3) is 4.31. The van der Waals surface area contributed by atoms with E-state index in [0.29, 0.717) is 6.42 Å². The van der Waals surface area contributed by atoms with Crippen molar-refractivity contribution in [1.82, 2.24) is 25.0 Å². The van der Waals surface area contributed by atoms with Crippen LogP contribution in [0.5, 0.6) is 6.01 Å². The van der Waals surface area contributed by atoms with Gasteiger partial charge in [-0.15, -0.1) is 5.10 Å². The lowest BCUT2D eigenvalue weighted by Crippen LogP contribution is -2.36. The van der Waals surface area contributed by atoms with Gasteiger partial charge < -0.3 is 24.7 Å². The molecule has 0 amide bonds. The van der Waals surface area contributed by atoms with Gasteiger partial charge in [-0.3, -0.25) is 0 Å². The van der Waals surface area contributed by atoms with Crippen molar-refractivity contribution in [3.05, 3.63) is 83.7 Å². The van der Waals surface area contributed by atoms with E-state index in [9.17, 15) is 10.2 Å². The van der Waals surface area contributed by atoms with Gasteiger partial charge in [0.1, 0.15) is 23.5 Å². The minimum Gasteiger partial charge on any atom is -0.456 e. The average molecular weight is 507 g/mol. The first-order chi connectivity index (χ1) is 18.0. The maximum Gasteiger partial charge on any atom is 0.295 e. The van der Waals surface area contributed by atoms with E-state index in [0.717, 1.165) is 16.8 Å². The van der Waals surface area contributed by atoms with E-state index in [-0.39, 0.29) is 35.8 Å². The largest absolute Gasteiger partial charge is 0.456 e. The first-order valence-electron chi connectivity index (χ1n) is 11.8. The van der Waals surface area contributed by atoms with Crippen LogP contribution < -0.4 is 4.74 Å². The van der Waals surface area contributed by atoms with Crippen LogP contribution in [0.2, 0.25) is 0 Å². The Balaban J connectivity index is 1.21. The van der Waals surface area contributed by atoms with E-state index >= 15 is 8.78 Å². The third-order valence-electron chi connectivity index (χ3n) is 6.72. The molecule has 1 fully saturated rings. The predicted octanol–water partition coefficient (Wildman–Crippen LogP) is 3.05. The predicted molar refractivity (Wildman–Crippen MR) is 129 cm³/mol. The summed E-state index contributed by atoms with van der Waals surface area (Å²) in [7, 11) is 0. The monoisotopic (exact) mass is 507 g/mol. The summed E-state index contributed by atoms with van der Waals surface area (Å²) in [6.07, 6.45) is 6.76. The van der Waals surface area contributed by atoms with Crippen LogP contribution in [0.25, 0.3) is 22.3 Å². The molecule has 190 valence electrons. The molecule has 2 aromatic heterocycles. The minimum atomic E-state index is -1.07. The van der Waals surface area contributed by atoms with Gasteiger partial charge in [0.25, 0.3) is 6.01 Å². The van der Waals surface area contributed by atoms with Crippen molar-refractivity contribution >= 4 is 16.6 Å². The Bertz CT molecular complexity index is 1480. The van der Waals surface area contributed by atoms with Gasteiger partial charge >= 0.3 is 0 Å². The Labute approximate surface area is 209 Å². The van der Waals surface area contributed by atoms with Gasteiger partial charge in [0, 0.05) is 17.5 Å². The lowest BCUT2D eigenvalue weighted by molar-refractivity contribution is -0.00390. The fraction of sp³-hybridized carbons (Fsp3) is 0.269. The summed E-state index contributed by atoms with van der Waals surface area (Å²) in [6, 6.07) is 8.91. The number of aliphatic hydroxyl groups is 2. The Hall–Kier alpha value is -3.93. The summed E-state index contributed by atoms with van der Waals surface area (Å²) in [6.45, 7) is -0.319. The van der Waals surface area contributed by atoms with Crippen molar-refractivity contribution < 1.29 is 28.5 Å². The van der Waals surface area contributed by atoms with Gasteiger partial charge in [-0.2, -0.15) is 4.98 Å². The number of allylic oxidation sites excluding steroid dienone is 4. The number of aliphatic hydroxyl groups excluding tert-OH is 2. The second-order valence-electron chi connectivity index (χ2n) is 8.98. The highest BCUT2D eigenvalue weighted by Gasteiger charge is 2.37. The molecule has 0 radical (unpaired) electrons. The number of aromatic nitrogens is 5. The number of aromatic amines is 1. The lowest BCUT2D eigenvalue weighted by atomic mass is 9.87. The first-order valence-corrected chi connectivity index (χ1v) is 11.8. The van der Waals surface area contributed by atoms with Crippen LogP contribution >= 0.6 is 0 Å². The molecule has 0 spiro atoms. The Morgan fingerprint density at radius 1 is 1.22 bits per heavy atom. The molecule has 1 aliphatic carbocycles. The zero-order valence-corrected chi connectivity index (χ0v) is 19.5. The van der Waals surface area contributed by atoms with Crippen molar-refractivity contribution in [3.63, 3.8) is 0 Å². The Morgan fingerprint density at radius 3 is 2.73 bits per heavy atom. The maximum atomic E-state index is 15.5. The molecule has 6 rings (SSSR count). The van der Waals surface area contributed by atoms with E-state index in [2.05, 4.69) is 20.3 Å². The Kier molecular flexibility index (Phi) is 6.03. The van der Waals surface area contributed by atoms with E-state index in [1.807, 2.05) is 36.4 Å². The number of fused-ring (bicyclic) bond motifs is 1. The summed E-state index contributed by atoms with van der Waals surface area (Å²) in [5.41, 5.74) is 2.84. The van der Waals surface area contributed by atoms with Crippen LogP contribution in [0, 0.1) is 11.6 Å². The molecular formula is C26H23F2N5O4. The standard InChI is InChI=1S/C26H23F2N5O4/c27-18-11-19-24(31-26(30-19)37-21-13-36-20(12-34)25(21)35)23(28)22(18)16-3-1-14(2-4-16)15-5-7-17(8-6-15)33-10-9-29-32-33/h1-3,5-11,16,20-21,25,34-35H,4,12-13H2,(H,30,31)/t16?,20-,21-,25-/m1/s1. The van der Waals surface area contributed by atoms with Crippen LogP contribution in [0.15, 0.2) is 61.0 Å². The number of benzene rings is 2. The van der Waals surface area contributed by atoms with E-state index in [1.54, 1.807) is 23.2 Å². The number of imidazole rings is 1. The number of halogens is 2. The third-order valence-corrected chi connectivity index (χ3v) is 6.72. The first kappa shape index (κ1) is 23.5. The quantitative estimate of drug-likeness (QED) is 0.367. The zero-order chi connectivity index (χ0) is 25.5. The number of nitrogens with zero attached hydrogens (tertiary/aromatic N) is 4. The molecule has 3 N–H and O–H groups in total.